The molecule has 0 bridgehead atoms. The maximum Gasteiger partial charge on any atom is 0.242 e. The molecule has 2 aliphatic rings. The number of hydrogen-bond acceptors (Lipinski definition) is 2. The Labute approximate surface area is 120 Å². The van der Waals surface area contributed by atoms with Gasteiger partial charge in [0.2, 0.25) is 5.91 Å². The molecule has 20 heavy (non-hydrogen) atoms. The highest BCUT2D eigenvalue weighted by atomic mass is 16.2. The second kappa shape index (κ2) is 5.80. The van der Waals surface area contributed by atoms with Crippen molar-refractivity contribution < 1.29 is 4.79 Å². The zero-order valence-corrected chi connectivity index (χ0v) is 12.1. The number of amides is 1. The predicted octanol–water partition coefficient (Wildman–Crippen LogP) is 3.65. The lowest BCUT2D eigenvalue weighted by molar-refractivity contribution is -0.132. The molecule has 1 saturated heterocycles. The maximum absolute atomic E-state index is 11.9. The van der Waals surface area contributed by atoms with Gasteiger partial charge in [-0.1, -0.05) is 50.1 Å². The van der Waals surface area contributed by atoms with Gasteiger partial charge in [0.1, 0.15) is 0 Å². The van der Waals surface area contributed by atoms with E-state index in [1.807, 2.05) is 11.1 Å². The Hall–Kier alpha value is -1.61. The third-order valence-corrected chi connectivity index (χ3v) is 4.21. The summed E-state index contributed by atoms with van der Waals surface area (Å²) in [5, 5.41) is 4.07. The van der Waals surface area contributed by atoms with Gasteiger partial charge in [-0.05, 0) is 24.0 Å². The van der Waals surface area contributed by atoms with Crippen LogP contribution in [0.3, 0.4) is 0 Å². The van der Waals surface area contributed by atoms with Gasteiger partial charge in [0.05, 0.1) is 6.04 Å². The number of hydrogen-bond donors (Lipinski definition) is 0. The molecule has 1 atom stereocenters. The molecule has 0 N–H and O–H groups in total. The molecule has 3 rings (SSSR count). The molecule has 0 aromatic heterocycles. The molecule has 1 aromatic carbocycles. The quantitative estimate of drug-likeness (QED) is 0.762. The van der Waals surface area contributed by atoms with Crippen LogP contribution >= 0.6 is 0 Å². The molecule has 3 heteroatoms. The number of benzene rings is 1. The Morgan fingerprint density at radius 3 is 2.75 bits per heavy atom. The molecule has 3 nitrogen and oxygen atoms in total. The molecular formula is C17H22N2O. The summed E-state index contributed by atoms with van der Waals surface area (Å²) in [5.41, 5.74) is 2.69. The molecule has 1 amide bonds. The number of unbranched alkanes of at least 4 members (excludes halogenated alkanes) is 2. The van der Waals surface area contributed by atoms with Crippen molar-refractivity contribution in [3.05, 3.63) is 47.7 Å². The van der Waals surface area contributed by atoms with Crippen LogP contribution in [0.15, 0.2) is 42.1 Å². The molecule has 1 fully saturated rings. The first kappa shape index (κ1) is 13.4. The molecule has 0 saturated carbocycles. The summed E-state index contributed by atoms with van der Waals surface area (Å²) < 4.78 is 0. The van der Waals surface area contributed by atoms with Gasteiger partial charge in [0, 0.05) is 19.2 Å². The number of carbonyl (C=O) groups is 1. The highest BCUT2D eigenvalue weighted by Crippen LogP contribution is 2.40. The normalized spacial score (nSPS) is 22.2. The van der Waals surface area contributed by atoms with Crippen molar-refractivity contribution in [2.75, 3.05) is 6.54 Å². The molecule has 0 unspecified atom stereocenters. The predicted molar refractivity (Wildman–Crippen MR) is 79.6 cm³/mol. The zero-order chi connectivity index (χ0) is 13.9. The summed E-state index contributed by atoms with van der Waals surface area (Å²) in [6, 6.07) is 10.8. The summed E-state index contributed by atoms with van der Waals surface area (Å²) >= 11 is 0. The summed E-state index contributed by atoms with van der Waals surface area (Å²) in [4.78, 5) is 11.9. The molecule has 0 aliphatic carbocycles. The lowest BCUT2D eigenvalue weighted by Gasteiger charge is -2.27. The van der Waals surface area contributed by atoms with Gasteiger partial charge in [0.15, 0.2) is 0 Å². The fourth-order valence-corrected chi connectivity index (χ4v) is 3.20. The SMILES string of the molecule is CCCCCC1=CN2C(=O)CCN2[C@@H]1c1ccccc1. The Bertz CT molecular complexity index is 509. The van der Waals surface area contributed by atoms with Crippen molar-refractivity contribution >= 4 is 5.91 Å². The van der Waals surface area contributed by atoms with E-state index in [-0.39, 0.29) is 11.9 Å². The summed E-state index contributed by atoms with van der Waals surface area (Å²) in [6.07, 6.45) is 7.52. The van der Waals surface area contributed by atoms with E-state index < -0.39 is 0 Å². The fourth-order valence-electron chi connectivity index (χ4n) is 3.20. The molecule has 1 aromatic rings. The van der Waals surface area contributed by atoms with Crippen LogP contribution in [0.5, 0.6) is 0 Å². The van der Waals surface area contributed by atoms with Crippen LogP contribution in [0.25, 0.3) is 0 Å². The Kier molecular flexibility index (Phi) is 3.88. The molecule has 2 heterocycles. The van der Waals surface area contributed by atoms with E-state index in [4.69, 9.17) is 0 Å². The standard InChI is InChI=1S/C17H22N2O/c1-2-3-5-10-15-13-19-16(20)11-12-18(19)17(15)14-8-6-4-7-9-14/h4,6-9,13,17H,2-3,5,10-12H2,1H3/t17-/m1/s1. The van der Waals surface area contributed by atoms with Gasteiger partial charge in [-0.15, -0.1) is 0 Å². The van der Waals surface area contributed by atoms with Crippen LogP contribution in [0.1, 0.15) is 50.6 Å². The first-order valence-corrected chi connectivity index (χ1v) is 7.65. The summed E-state index contributed by atoms with van der Waals surface area (Å²) in [5.74, 6) is 0.233. The van der Waals surface area contributed by atoms with Crippen molar-refractivity contribution in [3.8, 4) is 0 Å². The van der Waals surface area contributed by atoms with Crippen molar-refractivity contribution in [1.29, 1.82) is 0 Å². The van der Waals surface area contributed by atoms with Gasteiger partial charge in [-0.2, -0.15) is 0 Å². The Morgan fingerprint density at radius 1 is 1.20 bits per heavy atom. The van der Waals surface area contributed by atoms with Crippen LogP contribution in [-0.4, -0.2) is 22.5 Å². The lowest BCUT2D eigenvalue weighted by Crippen LogP contribution is -2.32. The topological polar surface area (TPSA) is 23.6 Å². The second-order valence-electron chi connectivity index (χ2n) is 5.63. The number of rotatable bonds is 5. The summed E-state index contributed by atoms with van der Waals surface area (Å²) in [7, 11) is 0. The average molecular weight is 270 g/mol. The third kappa shape index (κ3) is 2.38. The first-order valence-electron chi connectivity index (χ1n) is 7.65. The van der Waals surface area contributed by atoms with Gasteiger partial charge in [-0.3, -0.25) is 4.79 Å². The van der Waals surface area contributed by atoms with Crippen molar-refractivity contribution in [2.45, 2.75) is 45.1 Å². The minimum atomic E-state index is 0.233. The zero-order valence-electron chi connectivity index (χ0n) is 12.1. The van der Waals surface area contributed by atoms with Crippen molar-refractivity contribution in [2.24, 2.45) is 0 Å². The van der Waals surface area contributed by atoms with Crippen LogP contribution in [0.4, 0.5) is 0 Å². The highest BCUT2D eigenvalue weighted by Gasteiger charge is 2.40. The van der Waals surface area contributed by atoms with Gasteiger partial charge in [0.25, 0.3) is 0 Å². The largest absolute Gasteiger partial charge is 0.273 e. The molecule has 0 spiro atoms. The maximum atomic E-state index is 11.9. The van der Waals surface area contributed by atoms with E-state index in [1.165, 1.54) is 30.4 Å². The number of carbonyl (C=O) groups excluding carboxylic acids is 1. The highest BCUT2D eigenvalue weighted by molar-refractivity contribution is 5.79. The van der Waals surface area contributed by atoms with E-state index in [0.29, 0.717) is 6.42 Å². The van der Waals surface area contributed by atoms with E-state index in [0.717, 1.165) is 13.0 Å². The van der Waals surface area contributed by atoms with Crippen molar-refractivity contribution in [3.63, 3.8) is 0 Å². The van der Waals surface area contributed by atoms with Crippen molar-refractivity contribution in [1.82, 2.24) is 10.0 Å². The Balaban J connectivity index is 1.84. The van der Waals surface area contributed by atoms with Crippen LogP contribution in [-0.2, 0) is 4.79 Å². The third-order valence-electron chi connectivity index (χ3n) is 4.21. The van der Waals surface area contributed by atoms with E-state index >= 15 is 0 Å². The van der Waals surface area contributed by atoms with E-state index in [1.54, 1.807) is 0 Å². The monoisotopic (exact) mass is 270 g/mol. The summed E-state index contributed by atoms with van der Waals surface area (Å²) in [6.45, 7) is 3.06. The van der Waals surface area contributed by atoms with Crippen LogP contribution < -0.4 is 0 Å². The van der Waals surface area contributed by atoms with E-state index in [9.17, 15) is 4.79 Å². The minimum Gasteiger partial charge on any atom is -0.273 e. The van der Waals surface area contributed by atoms with E-state index in [2.05, 4.69) is 42.4 Å². The molecular weight excluding hydrogens is 248 g/mol. The van der Waals surface area contributed by atoms with Gasteiger partial charge < -0.3 is 0 Å². The Morgan fingerprint density at radius 2 is 2.00 bits per heavy atom. The number of hydrazine groups is 1. The fraction of sp³-hybridized carbons (Fsp3) is 0.471. The van der Waals surface area contributed by atoms with Gasteiger partial charge in [-0.25, -0.2) is 10.0 Å². The average Bonchev–Trinajstić information content (AvgIpc) is 3.00. The first-order chi connectivity index (χ1) is 9.81. The smallest absolute Gasteiger partial charge is 0.242 e. The minimum absolute atomic E-state index is 0.233. The van der Waals surface area contributed by atoms with Crippen LogP contribution in [0, 0.1) is 0 Å². The van der Waals surface area contributed by atoms with Gasteiger partial charge >= 0.3 is 0 Å². The molecule has 0 radical (unpaired) electrons. The molecule has 2 aliphatic heterocycles. The number of fused-ring (bicyclic) bond motifs is 1. The number of nitrogens with zero attached hydrogens (tertiary/aromatic N) is 2. The second-order valence-corrected chi connectivity index (χ2v) is 5.63. The molecule has 106 valence electrons. The van der Waals surface area contributed by atoms with Crippen LogP contribution in [0.2, 0.25) is 0 Å². The lowest BCUT2D eigenvalue weighted by atomic mass is 9.95.